The van der Waals surface area contributed by atoms with Crippen LogP contribution in [-0.2, 0) is 0 Å². The van der Waals surface area contributed by atoms with Crippen molar-refractivity contribution < 1.29 is 13.9 Å². The molecule has 0 aromatic heterocycles. The lowest BCUT2D eigenvalue weighted by Gasteiger charge is -2.63. The van der Waals surface area contributed by atoms with Crippen molar-refractivity contribution in [3.63, 3.8) is 0 Å². The molecule has 0 spiro atoms. The summed E-state index contributed by atoms with van der Waals surface area (Å²) in [6.45, 7) is 11.9. The van der Waals surface area contributed by atoms with Gasteiger partial charge in [0.05, 0.1) is 10.6 Å². The summed E-state index contributed by atoms with van der Waals surface area (Å²) in [5.41, 5.74) is 0.528. The monoisotopic (exact) mass is 442 g/mol. The fourth-order valence-corrected chi connectivity index (χ4v) is 5.16. The molecule has 0 atom stereocenters. The molecule has 0 saturated heterocycles. The van der Waals surface area contributed by atoms with Gasteiger partial charge in [-0.05, 0) is 35.7 Å². The fourth-order valence-electron chi connectivity index (χ4n) is 4.95. The highest BCUT2D eigenvalue weighted by Gasteiger charge is 2.64. The molecule has 6 heteroatoms. The van der Waals surface area contributed by atoms with E-state index in [-0.39, 0.29) is 40.6 Å². The first-order chi connectivity index (χ1) is 14.4. The molecule has 1 aliphatic rings. The van der Waals surface area contributed by atoms with E-state index in [0.29, 0.717) is 27.5 Å². The Bertz CT molecular complexity index is 1040. The number of rotatable bonds is 5. The minimum Gasteiger partial charge on any atom is -0.489 e. The van der Waals surface area contributed by atoms with E-state index in [4.69, 9.17) is 21.6 Å². The maximum absolute atomic E-state index is 14.4. The number of amides is 1. The summed E-state index contributed by atoms with van der Waals surface area (Å²) in [6.07, 6.45) is -0.200. The van der Waals surface area contributed by atoms with E-state index < -0.39 is 0 Å². The smallest absolute Gasteiger partial charge is 0.251 e. The van der Waals surface area contributed by atoms with Crippen LogP contribution in [0.25, 0.3) is 0 Å². The molecule has 0 bridgehead atoms. The van der Waals surface area contributed by atoms with Gasteiger partial charge in [-0.15, -0.1) is 0 Å². The van der Waals surface area contributed by atoms with E-state index in [1.165, 1.54) is 6.07 Å². The lowest BCUT2D eigenvalue weighted by atomic mass is 9.49. The molecule has 1 fully saturated rings. The van der Waals surface area contributed by atoms with Crippen LogP contribution in [0.1, 0.15) is 68.9 Å². The highest BCUT2D eigenvalue weighted by molar-refractivity contribution is 6.31. The molecule has 0 heterocycles. The van der Waals surface area contributed by atoms with Gasteiger partial charge in [-0.2, -0.15) is 5.26 Å². The zero-order chi connectivity index (χ0) is 23.1. The average Bonchev–Trinajstić information content (AvgIpc) is 2.69. The standard InChI is InChI=1S/C25H28ClFN2O2/c1-14(2)18-10-8-15(11-20(18)27)21(30)29-22-24(3,4)23(25(22,5)6)31-17-9-7-16(13-28)19(26)12-17/h7-12,14,22-23H,1-6H3,(H,29,30). The van der Waals surface area contributed by atoms with Crippen molar-refractivity contribution in [2.45, 2.75) is 59.6 Å². The molecule has 31 heavy (non-hydrogen) atoms. The third-order valence-corrected chi connectivity index (χ3v) is 6.63. The van der Waals surface area contributed by atoms with Gasteiger partial charge in [-0.3, -0.25) is 4.79 Å². The van der Waals surface area contributed by atoms with Crippen molar-refractivity contribution in [1.29, 1.82) is 5.26 Å². The highest BCUT2D eigenvalue weighted by Crippen LogP contribution is 2.55. The molecule has 2 aromatic carbocycles. The van der Waals surface area contributed by atoms with Crippen LogP contribution < -0.4 is 10.1 Å². The molecule has 0 aliphatic heterocycles. The minimum atomic E-state index is -0.379. The summed E-state index contributed by atoms with van der Waals surface area (Å²) in [5.74, 6) is -0.0459. The second-order valence-electron chi connectivity index (χ2n) is 9.69. The first-order valence-corrected chi connectivity index (χ1v) is 10.7. The van der Waals surface area contributed by atoms with Gasteiger partial charge in [0, 0.05) is 28.5 Å². The summed E-state index contributed by atoms with van der Waals surface area (Å²) in [4.78, 5) is 12.9. The summed E-state index contributed by atoms with van der Waals surface area (Å²) in [7, 11) is 0. The zero-order valence-electron chi connectivity index (χ0n) is 18.7. The van der Waals surface area contributed by atoms with Crippen molar-refractivity contribution in [3.05, 3.63) is 63.9 Å². The van der Waals surface area contributed by atoms with Gasteiger partial charge in [0.1, 0.15) is 23.7 Å². The van der Waals surface area contributed by atoms with Crippen LogP contribution in [0, 0.1) is 28.0 Å². The van der Waals surface area contributed by atoms with Crippen molar-refractivity contribution in [2.24, 2.45) is 10.8 Å². The number of nitriles is 1. The Kier molecular flexibility index (Phi) is 6.08. The van der Waals surface area contributed by atoms with E-state index >= 15 is 0 Å². The topological polar surface area (TPSA) is 62.1 Å². The molecule has 164 valence electrons. The Morgan fingerprint density at radius 3 is 2.32 bits per heavy atom. The Balaban J connectivity index is 1.76. The number of carbonyl (C=O) groups is 1. The zero-order valence-corrected chi connectivity index (χ0v) is 19.5. The number of benzene rings is 2. The van der Waals surface area contributed by atoms with E-state index in [1.54, 1.807) is 30.3 Å². The quantitative estimate of drug-likeness (QED) is 0.609. The summed E-state index contributed by atoms with van der Waals surface area (Å²) in [5, 5.41) is 12.5. The van der Waals surface area contributed by atoms with Crippen LogP contribution >= 0.6 is 11.6 Å². The minimum absolute atomic E-state index is 0.0512. The molecule has 1 N–H and O–H groups in total. The normalized spacial score (nSPS) is 21.2. The van der Waals surface area contributed by atoms with E-state index in [9.17, 15) is 9.18 Å². The largest absolute Gasteiger partial charge is 0.489 e. The van der Waals surface area contributed by atoms with Crippen LogP contribution in [0.2, 0.25) is 5.02 Å². The number of ether oxygens (including phenoxy) is 1. The summed E-state index contributed by atoms with van der Waals surface area (Å²) in [6, 6.07) is 11.5. The van der Waals surface area contributed by atoms with E-state index in [1.807, 2.05) is 47.6 Å². The van der Waals surface area contributed by atoms with Crippen LogP contribution in [0.3, 0.4) is 0 Å². The van der Waals surface area contributed by atoms with Crippen LogP contribution in [0.5, 0.6) is 5.75 Å². The van der Waals surface area contributed by atoms with Gasteiger partial charge < -0.3 is 10.1 Å². The fraction of sp³-hybridized carbons (Fsp3) is 0.440. The molecular formula is C25H28ClFN2O2. The molecule has 3 rings (SSSR count). The molecule has 1 aliphatic carbocycles. The number of hydrogen-bond donors (Lipinski definition) is 1. The van der Waals surface area contributed by atoms with Crippen molar-refractivity contribution in [2.75, 3.05) is 0 Å². The maximum atomic E-state index is 14.4. The van der Waals surface area contributed by atoms with E-state index in [0.717, 1.165) is 0 Å². The van der Waals surface area contributed by atoms with Gasteiger partial charge in [-0.25, -0.2) is 4.39 Å². The molecule has 0 unspecified atom stereocenters. The second kappa shape index (κ2) is 8.16. The number of carbonyl (C=O) groups excluding carboxylic acids is 1. The number of nitrogens with one attached hydrogen (secondary N) is 1. The molecule has 4 nitrogen and oxygen atoms in total. The average molecular weight is 443 g/mol. The van der Waals surface area contributed by atoms with E-state index in [2.05, 4.69) is 5.32 Å². The number of hydrogen-bond acceptors (Lipinski definition) is 3. The van der Waals surface area contributed by atoms with Gasteiger partial charge in [0.25, 0.3) is 5.91 Å². The van der Waals surface area contributed by atoms with Gasteiger partial charge in [0.15, 0.2) is 0 Å². The molecular weight excluding hydrogens is 415 g/mol. The Morgan fingerprint density at radius 2 is 1.81 bits per heavy atom. The lowest BCUT2D eigenvalue weighted by Crippen LogP contribution is -2.74. The predicted octanol–water partition coefficient (Wildman–Crippen LogP) is 6.09. The molecule has 1 saturated carbocycles. The van der Waals surface area contributed by atoms with Gasteiger partial charge in [0.2, 0.25) is 0 Å². The number of nitrogens with zero attached hydrogens (tertiary/aromatic N) is 1. The second-order valence-corrected chi connectivity index (χ2v) is 10.1. The Hall–Kier alpha value is -2.58. The van der Waals surface area contributed by atoms with Crippen molar-refractivity contribution >= 4 is 17.5 Å². The third-order valence-electron chi connectivity index (χ3n) is 6.31. The van der Waals surface area contributed by atoms with Crippen LogP contribution in [-0.4, -0.2) is 18.1 Å². The highest BCUT2D eigenvalue weighted by atomic mass is 35.5. The lowest BCUT2D eigenvalue weighted by molar-refractivity contribution is -0.164. The number of halogens is 2. The third kappa shape index (κ3) is 4.14. The van der Waals surface area contributed by atoms with Crippen molar-refractivity contribution in [1.82, 2.24) is 5.32 Å². The molecule has 1 amide bonds. The summed E-state index contributed by atoms with van der Waals surface area (Å²) < 4.78 is 20.6. The SMILES string of the molecule is CC(C)c1ccc(C(=O)NC2C(C)(C)C(Oc3ccc(C#N)c(Cl)c3)C2(C)C)cc1F. The van der Waals surface area contributed by atoms with Gasteiger partial charge >= 0.3 is 0 Å². The first kappa shape index (κ1) is 23.1. The summed E-state index contributed by atoms with van der Waals surface area (Å²) >= 11 is 6.13. The van der Waals surface area contributed by atoms with Crippen LogP contribution in [0.15, 0.2) is 36.4 Å². The first-order valence-electron chi connectivity index (χ1n) is 10.4. The maximum Gasteiger partial charge on any atom is 0.251 e. The van der Waals surface area contributed by atoms with Crippen LogP contribution in [0.4, 0.5) is 4.39 Å². The predicted molar refractivity (Wildman–Crippen MR) is 120 cm³/mol. The van der Waals surface area contributed by atoms with Gasteiger partial charge in [-0.1, -0.05) is 59.2 Å². The van der Waals surface area contributed by atoms with Crippen molar-refractivity contribution in [3.8, 4) is 11.8 Å². The molecule has 2 aromatic rings. The Morgan fingerprint density at radius 1 is 1.16 bits per heavy atom. The Labute approximate surface area is 188 Å². The molecule has 0 radical (unpaired) electrons.